The number of rotatable bonds is 7. The van der Waals surface area contributed by atoms with Gasteiger partial charge in [0.15, 0.2) is 11.5 Å². The second kappa shape index (κ2) is 7.66. The molecule has 0 aliphatic carbocycles. The second-order valence-corrected chi connectivity index (χ2v) is 5.75. The molecule has 0 spiro atoms. The lowest BCUT2D eigenvalue weighted by molar-refractivity contribution is 0.186. The summed E-state index contributed by atoms with van der Waals surface area (Å²) in [5.74, 6) is 1.66. The molecule has 2 rings (SSSR count). The lowest BCUT2D eigenvalue weighted by Crippen LogP contribution is -2.43. The molecule has 1 unspecified atom stereocenters. The highest BCUT2D eigenvalue weighted by atomic mass is 16.5. The van der Waals surface area contributed by atoms with E-state index in [-0.39, 0.29) is 0 Å². The van der Waals surface area contributed by atoms with Crippen molar-refractivity contribution in [3.8, 4) is 11.5 Å². The van der Waals surface area contributed by atoms with Gasteiger partial charge in [-0.2, -0.15) is 0 Å². The minimum Gasteiger partial charge on any atom is -0.493 e. The van der Waals surface area contributed by atoms with Crippen LogP contribution in [0.1, 0.15) is 31.4 Å². The maximum atomic E-state index is 5.42. The standard InChI is InChI=1S/C17H28N2O2/c1-5-7-18-11-13(2)19-8-6-14-9-16(20-3)17(21-4)10-15(14)12-19/h9-10,13,18H,5-8,11-12H2,1-4H3. The first-order valence-electron chi connectivity index (χ1n) is 7.88. The Morgan fingerprint density at radius 2 is 1.86 bits per heavy atom. The summed E-state index contributed by atoms with van der Waals surface area (Å²) in [5.41, 5.74) is 2.75. The van der Waals surface area contributed by atoms with Gasteiger partial charge in [-0.25, -0.2) is 0 Å². The van der Waals surface area contributed by atoms with Gasteiger partial charge in [-0.15, -0.1) is 0 Å². The normalized spacial score (nSPS) is 16.4. The van der Waals surface area contributed by atoms with Crippen molar-refractivity contribution in [1.29, 1.82) is 0 Å². The highest BCUT2D eigenvalue weighted by Gasteiger charge is 2.22. The average molecular weight is 292 g/mol. The van der Waals surface area contributed by atoms with E-state index in [2.05, 4.69) is 36.2 Å². The number of nitrogens with zero attached hydrogens (tertiary/aromatic N) is 1. The molecule has 1 aliphatic rings. The molecule has 118 valence electrons. The number of methoxy groups -OCH3 is 2. The molecule has 1 aromatic carbocycles. The molecule has 0 radical (unpaired) electrons. The first-order chi connectivity index (χ1) is 10.2. The SMILES string of the molecule is CCCNCC(C)N1CCc2cc(OC)c(OC)cc2C1. The number of nitrogens with one attached hydrogen (secondary N) is 1. The van der Waals surface area contributed by atoms with E-state index in [1.54, 1.807) is 14.2 Å². The fourth-order valence-corrected chi connectivity index (χ4v) is 2.90. The monoisotopic (exact) mass is 292 g/mol. The highest BCUT2D eigenvalue weighted by molar-refractivity contribution is 5.48. The van der Waals surface area contributed by atoms with Crippen molar-refractivity contribution in [3.05, 3.63) is 23.3 Å². The Morgan fingerprint density at radius 3 is 2.48 bits per heavy atom. The Labute approximate surface area is 128 Å². The zero-order valence-electron chi connectivity index (χ0n) is 13.7. The van der Waals surface area contributed by atoms with Crippen molar-refractivity contribution < 1.29 is 9.47 Å². The van der Waals surface area contributed by atoms with Gasteiger partial charge >= 0.3 is 0 Å². The van der Waals surface area contributed by atoms with Crippen LogP contribution in [-0.4, -0.2) is 44.8 Å². The molecular weight excluding hydrogens is 264 g/mol. The van der Waals surface area contributed by atoms with Gasteiger partial charge in [0.2, 0.25) is 0 Å². The van der Waals surface area contributed by atoms with Crippen molar-refractivity contribution >= 4 is 0 Å². The molecule has 4 nitrogen and oxygen atoms in total. The van der Waals surface area contributed by atoms with Crippen LogP contribution >= 0.6 is 0 Å². The van der Waals surface area contributed by atoms with Gasteiger partial charge in [0, 0.05) is 25.7 Å². The number of benzene rings is 1. The Kier molecular flexibility index (Phi) is 5.88. The van der Waals surface area contributed by atoms with Crippen LogP contribution in [0.15, 0.2) is 12.1 Å². The minimum atomic E-state index is 0.554. The van der Waals surface area contributed by atoms with Crippen molar-refractivity contribution in [2.75, 3.05) is 33.9 Å². The van der Waals surface area contributed by atoms with Gasteiger partial charge in [0.1, 0.15) is 0 Å². The molecule has 4 heteroatoms. The highest BCUT2D eigenvalue weighted by Crippen LogP contribution is 2.33. The Bertz CT molecular complexity index is 462. The maximum Gasteiger partial charge on any atom is 0.161 e. The average Bonchev–Trinajstić information content (AvgIpc) is 2.52. The maximum absolute atomic E-state index is 5.42. The molecule has 1 aromatic rings. The van der Waals surface area contributed by atoms with Crippen LogP contribution in [0.4, 0.5) is 0 Å². The Balaban J connectivity index is 2.05. The molecule has 0 bridgehead atoms. The van der Waals surface area contributed by atoms with Gasteiger partial charge in [0.05, 0.1) is 14.2 Å². The number of ether oxygens (including phenoxy) is 2. The van der Waals surface area contributed by atoms with Crippen LogP contribution < -0.4 is 14.8 Å². The molecule has 1 N–H and O–H groups in total. The van der Waals surface area contributed by atoms with Crippen molar-refractivity contribution in [3.63, 3.8) is 0 Å². The van der Waals surface area contributed by atoms with E-state index < -0.39 is 0 Å². The molecule has 1 aliphatic heterocycles. The summed E-state index contributed by atoms with van der Waals surface area (Å²) in [4.78, 5) is 2.54. The fourth-order valence-electron chi connectivity index (χ4n) is 2.90. The van der Waals surface area contributed by atoms with Crippen LogP contribution in [0.3, 0.4) is 0 Å². The fraction of sp³-hybridized carbons (Fsp3) is 0.647. The summed E-state index contributed by atoms with van der Waals surface area (Å²) in [5, 5.41) is 3.51. The summed E-state index contributed by atoms with van der Waals surface area (Å²) in [6.45, 7) is 8.75. The van der Waals surface area contributed by atoms with E-state index >= 15 is 0 Å². The van der Waals surface area contributed by atoms with Crippen LogP contribution in [0, 0.1) is 0 Å². The first kappa shape index (κ1) is 16.1. The molecule has 1 atom stereocenters. The van der Waals surface area contributed by atoms with Crippen LogP contribution in [0.25, 0.3) is 0 Å². The molecule has 21 heavy (non-hydrogen) atoms. The molecule has 0 amide bonds. The van der Waals surface area contributed by atoms with E-state index in [1.165, 1.54) is 17.5 Å². The van der Waals surface area contributed by atoms with Gasteiger partial charge in [-0.05, 0) is 49.6 Å². The third-order valence-corrected chi connectivity index (χ3v) is 4.24. The first-order valence-corrected chi connectivity index (χ1v) is 7.88. The topological polar surface area (TPSA) is 33.7 Å². The molecule has 0 saturated carbocycles. The molecule has 0 aromatic heterocycles. The molecular formula is C17H28N2O2. The van der Waals surface area contributed by atoms with Crippen LogP contribution in [0.2, 0.25) is 0 Å². The van der Waals surface area contributed by atoms with Crippen molar-refractivity contribution in [1.82, 2.24) is 10.2 Å². The third-order valence-electron chi connectivity index (χ3n) is 4.24. The summed E-state index contributed by atoms with van der Waals surface area (Å²) >= 11 is 0. The predicted octanol–water partition coefficient (Wildman–Crippen LogP) is 2.45. The minimum absolute atomic E-state index is 0.554. The lowest BCUT2D eigenvalue weighted by Gasteiger charge is -2.34. The second-order valence-electron chi connectivity index (χ2n) is 5.75. The largest absolute Gasteiger partial charge is 0.493 e. The van der Waals surface area contributed by atoms with E-state index in [9.17, 15) is 0 Å². The summed E-state index contributed by atoms with van der Waals surface area (Å²) in [6.07, 6.45) is 2.26. The van der Waals surface area contributed by atoms with Crippen LogP contribution in [-0.2, 0) is 13.0 Å². The van der Waals surface area contributed by atoms with Gasteiger partial charge in [-0.1, -0.05) is 6.92 Å². The molecule has 0 saturated heterocycles. The van der Waals surface area contributed by atoms with Gasteiger partial charge < -0.3 is 14.8 Å². The number of hydrogen-bond acceptors (Lipinski definition) is 4. The quantitative estimate of drug-likeness (QED) is 0.783. The summed E-state index contributed by atoms with van der Waals surface area (Å²) in [7, 11) is 3.39. The lowest BCUT2D eigenvalue weighted by atomic mass is 9.97. The summed E-state index contributed by atoms with van der Waals surface area (Å²) in [6, 6.07) is 4.82. The molecule has 1 heterocycles. The smallest absolute Gasteiger partial charge is 0.161 e. The van der Waals surface area contributed by atoms with Crippen LogP contribution in [0.5, 0.6) is 11.5 Å². The van der Waals surface area contributed by atoms with Gasteiger partial charge in [0.25, 0.3) is 0 Å². The predicted molar refractivity (Wildman–Crippen MR) is 86.3 cm³/mol. The number of hydrogen-bond donors (Lipinski definition) is 1. The van der Waals surface area contributed by atoms with Crippen molar-refractivity contribution in [2.24, 2.45) is 0 Å². The van der Waals surface area contributed by atoms with E-state index in [1.807, 2.05) is 0 Å². The molecule has 0 fully saturated rings. The van der Waals surface area contributed by atoms with E-state index in [4.69, 9.17) is 9.47 Å². The summed E-state index contributed by atoms with van der Waals surface area (Å²) < 4.78 is 10.8. The Morgan fingerprint density at radius 1 is 1.19 bits per heavy atom. The van der Waals surface area contributed by atoms with E-state index in [0.29, 0.717) is 6.04 Å². The zero-order valence-corrected chi connectivity index (χ0v) is 13.7. The number of fused-ring (bicyclic) bond motifs is 1. The zero-order chi connectivity index (χ0) is 15.2. The third kappa shape index (κ3) is 3.89. The van der Waals surface area contributed by atoms with E-state index in [0.717, 1.165) is 44.1 Å². The van der Waals surface area contributed by atoms with Crippen molar-refractivity contribution in [2.45, 2.75) is 39.3 Å². The van der Waals surface area contributed by atoms with Gasteiger partial charge in [-0.3, -0.25) is 4.90 Å². The Hall–Kier alpha value is -1.26.